The number of hydrogen-bond acceptors (Lipinski definition) is 5. The van der Waals surface area contributed by atoms with Crippen molar-refractivity contribution >= 4 is 5.76 Å². The molecule has 1 aliphatic carbocycles. The highest BCUT2D eigenvalue weighted by Gasteiger charge is 2.32. The zero-order valence-corrected chi connectivity index (χ0v) is 17.7. The fourth-order valence-electron chi connectivity index (χ4n) is 3.93. The van der Waals surface area contributed by atoms with Crippen molar-refractivity contribution < 1.29 is 9.26 Å². The second-order valence-electron chi connectivity index (χ2n) is 8.29. The van der Waals surface area contributed by atoms with Crippen LogP contribution in [0.1, 0.15) is 50.9 Å². The van der Waals surface area contributed by atoms with Gasteiger partial charge >= 0.3 is 0 Å². The second kappa shape index (κ2) is 7.50. The van der Waals surface area contributed by atoms with Gasteiger partial charge in [-0.1, -0.05) is 49.8 Å². The highest BCUT2D eigenvalue weighted by atomic mass is 16.5. The van der Waals surface area contributed by atoms with Gasteiger partial charge in [-0.3, -0.25) is 4.68 Å². The second-order valence-corrected chi connectivity index (χ2v) is 8.29. The van der Waals surface area contributed by atoms with Crippen molar-refractivity contribution in [2.45, 2.75) is 53.5 Å². The van der Waals surface area contributed by atoms with Crippen LogP contribution in [0.5, 0.6) is 0 Å². The van der Waals surface area contributed by atoms with E-state index < -0.39 is 0 Å². The van der Waals surface area contributed by atoms with Gasteiger partial charge in [-0.2, -0.15) is 10.1 Å². The zero-order valence-electron chi connectivity index (χ0n) is 17.7. The number of fused-ring (bicyclic) bond motifs is 1. The van der Waals surface area contributed by atoms with Crippen molar-refractivity contribution in [1.82, 2.24) is 19.9 Å². The van der Waals surface area contributed by atoms with Crippen LogP contribution in [0.25, 0.3) is 28.7 Å². The van der Waals surface area contributed by atoms with Gasteiger partial charge in [0.1, 0.15) is 5.76 Å². The summed E-state index contributed by atoms with van der Waals surface area (Å²) < 4.78 is 13.2. The Morgan fingerprint density at radius 2 is 2.00 bits per heavy atom. The Balaban J connectivity index is 1.63. The van der Waals surface area contributed by atoms with E-state index >= 15 is 0 Å². The minimum absolute atomic E-state index is 0.296. The number of rotatable bonds is 6. The Labute approximate surface area is 171 Å². The largest absolute Gasteiger partial charge is 0.494 e. The van der Waals surface area contributed by atoms with Gasteiger partial charge in [0.2, 0.25) is 5.82 Å². The van der Waals surface area contributed by atoms with Crippen LogP contribution in [-0.4, -0.2) is 26.5 Å². The van der Waals surface area contributed by atoms with Crippen molar-refractivity contribution in [3.8, 4) is 23.0 Å². The predicted octanol–water partition coefficient (Wildman–Crippen LogP) is 5.14. The van der Waals surface area contributed by atoms with Gasteiger partial charge in [-0.15, -0.1) is 0 Å². The molecule has 0 aliphatic heterocycles. The summed E-state index contributed by atoms with van der Waals surface area (Å²) in [6.07, 6.45) is 3.15. The van der Waals surface area contributed by atoms with E-state index in [2.05, 4.69) is 42.2 Å². The van der Waals surface area contributed by atoms with Crippen molar-refractivity contribution in [3.63, 3.8) is 0 Å². The first-order chi connectivity index (χ1) is 13.9. The number of nitrogens with zero attached hydrogens (tertiary/aromatic N) is 4. The highest BCUT2D eigenvalue weighted by Crippen LogP contribution is 2.39. The lowest BCUT2D eigenvalue weighted by atomic mass is 9.76. The Kier molecular flexibility index (Phi) is 5.03. The average Bonchev–Trinajstić information content (AvgIpc) is 3.32. The van der Waals surface area contributed by atoms with Crippen LogP contribution in [0, 0.1) is 5.41 Å². The van der Waals surface area contributed by atoms with Gasteiger partial charge in [-0.05, 0) is 38.5 Å². The summed E-state index contributed by atoms with van der Waals surface area (Å²) in [6.45, 7) is 14.1. The summed E-state index contributed by atoms with van der Waals surface area (Å²) in [5.41, 5.74) is 5.51. The topological polar surface area (TPSA) is 66.0 Å². The molecule has 1 aromatic carbocycles. The van der Waals surface area contributed by atoms with Crippen LogP contribution in [0.15, 0.2) is 35.4 Å². The molecular formula is C23H28N4O2. The van der Waals surface area contributed by atoms with E-state index in [4.69, 9.17) is 14.4 Å². The lowest BCUT2D eigenvalue weighted by molar-refractivity contribution is 0.299. The van der Waals surface area contributed by atoms with Gasteiger partial charge in [0.15, 0.2) is 5.69 Å². The normalized spacial score (nSPS) is 15.2. The minimum atomic E-state index is 0.296. The van der Waals surface area contributed by atoms with E-state index in [1.165, 1.54) is 11.3 Å². The molecule has 3 aromatic rings. The Bertz CT molecular complexity index is 1030. The molecule has 0 saturated heterocycles. The van der Waals surface area contributed by atoms with Gasteiger partial charge in [-0.25, -0.2) is 0 Å². The highest BCUT2D eigenvalue weighted by molar-refractivity contribution is 5.64. The Morgan fingerprint density at radius 1 is 1.24 bits per heavy atom. The van der Waals surface area contributed by atoms with Crippen molar-refractivity contribution in [2.75, 3.05) is 6.61 Å². The molecular weight excluding hydrogens is 364 g/mol. The van der Waals surface area contributed by atoms with Crippen LogP contribution in [-0.2, 0) is 24.1 Å². The standard InChI is InChI=1S/C23H28N4O2/c1-6-27-19-14-23(4,5)13-12-18(19)20(25-27)22-24-21(26-29-22)17-10-8-16(9-11-17)15(3)28-7-2/h8-11H,3,6-7,12-14H2,1-2,4-5H3. The Morgan fingerprint density at radius 3 is 2.69 bits per heavy atom. The van der Waals surface area contributed by atoms with Gasteiger partial charge in [0.25, 0.3) is 5.89 Å². The summed E-state index contributed by atoms with van der Waals surface area (Å²) >= 11 is 0. The SMILES string of the molecule is C=C(OCC)c1ccc(-c2noc(-c3nn(CC)c4c3CCC(C)(C)C4)n2)cc1. The molecule has 0 fully saturated rings. The maximum Gasteiger partial charge on any atom is 0.279 e. The smallest absolute Gasteiger partial charge is 0.279 e. The average molecular weight is 393 g/mol. The first kappa shape index (κ1) is 19.4. The van der Waals surface area contributed by atoms with Gasteiger partial charge in [0.05, 0.1) is 6.61 Å². The third-order valence-electron chi connectivity index (χ3n) is 5.58. The van der Waals surface area contributed by atoms with Crippen molar-refractivity contribution in [3.05, 3.63) is 47.7 Å². The third-order valence-corrected chi connectivity index (χ3v) is 5.58. The van der Waals surface area contributed by atoms with Crippen LogP contribution >= 0.6 is 0 Å². The molecule has 0 radical (unpaired) electrons. The van der Waals surface area contributed by atoms with E-state index in [0.29, 0.717) is 29.5 Å². The molecule has 0 spiro atoms. The third kappa shape index (κ3) is 3.71. The molecule has 0 bridgehead atoms. The summed E-state index contributed by atoms with van der Waals surface area (Å²) in [5.74, 6) is 1.71. The quantitative estimate of drug-likeness (QED) is 0.543. The summed E-state index contributed by atoms with van der Waals surface area (Å²) in [7, 11) is 0. The summed E-state index contributed by atoms with van der Waals surface area (Å²) in [4.78, 5) is 4.65. The maximum absolute atomic E-state index is 5.62. The summed E-state index contributed by atoms with van der Waals surface area (Å²) in [5, 5.41) is 9.00. The number of benzene rings is 1. The van der Waals surface area contributed by atoms with Crippen molar-refractivity contribution in [1.29, 1.82) is 0 Å². The van der Waals surface area contributed by atoms with Crippen molar-refractivity contribution in [2.24, 2.45) is 5.41 Å². The number of aryl methyl sites for hydroxylation is 1. The minimum Gasteiger partial charge on any atom is -0.494 e. The number of aromatic nitrogens is 4. The predicted molar refractivity (Wildman–Crippen MR) is 113 cm³/mol. The maximum atomic E-state index is 5.62. The number of ether oxygens (including phenoxy) is 1. The lowest BCUT2D eigenvalue weighted by Crippen LogP contribution is -2.24. The van der Waals surface area contributed by atoms with Crippen LogP contribution in [0.4, 0.5) is 0 Å². The molecule has 0 unspecified atom stereocenters. The molecule has 0 amide bonds. The fraction of sp³-hybridized carbons (Fsp3) is 0.435. The number of hydrogen-bond donors (Lipinski definition) is 0. The molecule has 0 N–H and O–H groups in total. The molecule has 0 saturated carbocycles. The van der Waals surface area contributed by atoms with E-state index in [1.54, 1.807) is 0 Å². The van der Waals surface area contributed by atoms with Crippen LogP contribution in [0.2, 0.25) is 0 Å². The lowest BCUT2D eigenvalue weighted by Gasteiger charge is -2.30. The molecule has 2 heterocycles. The molecule has 29 heavy (non-hydrogen) atoms. The first-order valence-electron chi connectivity index (χ1n) is 10.3. The van der Waals surface area contributed by atoms with Crippen LogP contribution in [0.3, 0.4) is 0 Å². The molecule has 4 rings (SSSR count). The molecule has 6 heteroatoms. The molecule has 6 nitrogen and oxygen atoms in total. The molecule has 1 aliphatic rings. The molecule has 2 aromatic heterocycles. The van der Waals surface area contributed by atoms with Gasteiger partial charge < -0.3 is 9.26 Å². The van der Waals surface area contributed by atoms with E-state index in [9.17, 15) is 0 Å². The summed E-state index contributed by atoms with van der Waals surface area (Å²) in [6, 6.07) is 7.83. The van der Waals surface area contributed by atoms with Gasteiger partial charge in [0, 0.05) is 28.9 Å². The Hall–Kier alpha value is -2.89. The monoisotopic (exact) mass is 392 g/mol. The van der Waals surface area contributed by atoms with E-state index in [1.807, 2.05) is 31.2 Å². The zero-order chi connectivity index (χ0) is 20.6. The fourth-order valence-corrected chi connectivity index (χ4v) is 3.93. The molecule has 152 valence electrons. The molecule has 0 atom stereocenters. The van der Waals surface area contributed by atoms with E-state index in [-0.39, 0.29) is 0 Å². The van der Waals surface area contributed by atoms with Crippen LogP contribution < -0.4 is 0 Å². The first-order valence-corrected chi connectivity index (χ1v) is 10.3. The van der Waals surface area contributed by atoms with E-state index in [0.717, 1.165) is 42.6 Å².